The Labute approximate surface area is 96.1 Å². The lowest BCUT2D eigenvalue weighted by atomic mass is 10.7. The summed E-state index contributed by atoms with van der Waals surface area (Å²) in [5.41, 5.74) is 0. The van der Waals surface area contributed by atoms with Gasteiger partial charge in [0.05, 0.1) is 0 Å². The summed E-state index contributed by atoms with van der Waals surface area (Å²) in [5.74, 6) is -5.51. The van der Waals surface area contributed by atoms with E-state index in [1.807, 2.05) is 0 Å². The molecule has 0 aromatic carbocycles. The quantitative estimate of drug-likeness (QED) is 0.672. The number of carboxylic acids is 2. The highest BCUT2D eigenvalue weighted by molar-refractivity contribution is 5.85. The molecule has 0 atom stereocenters. The van der Waals surface area contributed by atoms with Gasteiger partial charge in [-0.05, 0) is 0 Å². The molecule has 12 heteroatoms. The van der Waals surface area contributed by atoms with Crippen LogP contribution in [0.2, 0.25) is 0 Å². The van der Waals surface area contributed by atoms with Crippen molar-refractivity contribution in [2.45, 2.75) is 12.4 Å². The molecule has 100 valence electrons. The van der Waals surface area contributed by atoms with E-state index in [0.717, 1.165) is 0 Å². The van der Waals surface area contributed by atoms with Gasteiger partial charge in [-0.15, -0.1) is 24.8 Å². The molecule has 4 nitrogen and oxygen atoms in total. The van der Waals surface area contributed by atoms with E-state index in [9.17, 15) is 26.3 Å². The Morgan fingerprint density at radius 3 is 0.750 bits per heavy atom. The highest BCUT2D eigenvalue weighted by Crippen LogP contribution is 2.13. The fourth-order valence-corrected chi connectivity index (χ4v) is 0. The molecule has 0 aliphatic carbocycles. The lowest BCUT2D eigenvalue weighted by Gasteiger charge is -1.93. The molecule has 0 aliphatic rings. The summed E-state index contributed by atoms with van der Waals surface area (Å²) in [6.07, 6.45) is -10.2. The fraction of sp³-hybridized carbons (Fsp3) is 0.500. The zero-order valence-corrected chi connectivity index (χ0v) is 8.43. The Balaban J connectivity index is -0.0000000800. The SMILES string of the molecule is Cl.Cl.O=C(O)C(F)(F)F.O=C(O)C(F)(F)F. The first kappa shape index (κ1) is 24.4. The van der Waals surface area contributed by atoms with Crippen LogP contribution in [0.3, 0.4) is 0 Å². The molecule has 0 heterocycles. The van der Waals surface area contributed by atoms with E-state index in [-0.39, 0.29) is 24.8 Å². The van der Waals surface area contributed by atoms with Crippen LogP contribution >= 0.6 is 24.8 Å². The van der Waals surface area contributed by atoms with Crippen molar-refractivity contribution < 1.29 is 46.1 Å². The molecule has 0 fully saturated rings. The second-order valence-electron chi connectivity index (χ2n) is 1.61. The predicted molar refractivity (Wildman–Crippen MR) is 41.9 cm³/mol. The van der Waals surface area contributed by atoms with Crippen LogP contribution in [-0.4, -0.2) is 34.5 Å². The third-order valence-corrected chi connectivity index (χ3v) is 0.485. The van der Waals surface area contributed by atoms with Crippen LogP contribution in [0.1, 0.15) is 0 Å². The van der Waals surface area contributed by atoms with Gasteiger partial charge in [0.1, 0.15) is 0 Å². The molecule has 0 amide bonds. The molecular formula is C4H4Cl2F6O4. The molecule has 0 rings (SSSR count). The molecule has 0 saturated heterocycles. The van der Waals surface area contributed by atoms with Crippen LogP contribution in [0.25, 0.3) is 0 Å². The minimum atomic E-state index is -5.08. The van der Waals surface area contributed by atoms with Gasteiger partial charge in [0.25, 0.3) is 0 Å². The van der Waals surface area contributed by atoms with Crippen LogP contribution in [-0.2, 0) is 9.59 Å². The molecule has 0 aromatic heterocycles. The number of alkyl halides is 6. The van der Waals surface area contributed by atoms with E-state index in [4.69, 9.17) is 19.8 Å². The third kappa shape index (κ3) is 15.6. The second kappa shape index (κ2) is 8.28. The van der Waals surface area contributed by atoms with E-state index in [1.165, 1.54) is 0 Å². The van der Waals surface area contributed by atoms with Crippen molar-refractivity contribution in [3.8, 4) is 0 Å². The van der Waals surface area contributed by atoms with Crippen molar-refractivity contribution >= 4 is 36.8 Å². The first-order valence-electron chi connectivity index (χ1n) is 2.49. The van der Waals surface area contributed by atoms with Gasteiger partial charge in [0.15, 0.2) is 0 Å². The van der Waals surface area contributed by atoms with E-state index in [2.05, 4.69) is 0 Å². The summed E-state index contributed by atoms with van der Waals surface area (Å²) in [6.45, 7) is 0. The highest BCUT2D eigenvalue weighted by Gasteiger charge is 2.38. The lowest BCUT2D eigenvalue weighted by molar-refractivity contribution is -0.193. The largest absolute Gasteiger partial charge is 0.490 e. The number of hydrogen-bond donors (Lipinski definition) is 2. The average Bonchev–Trinajstić information content (AvgIpc) is 1.83. The van der Waals surface area contributed by atoms with Crippen molar-refractivity contribution in [2.24, 2.45) is 0 Å². The number of hydrogen-bond acceptors (Lipinski definition) is 2. The number of halogens is 8. The van der Waals surface area contributed by atoms with Crippen molar-refractivity contribution in [3.05, 3.63) is 0 Å². The highest BCUT2D eigenvalue weighted by atomic mass is 35.5. The maximum atomic E-state index is 10.6. The van der Waals surface area contributed by atoms with Gasteiger partial charge in [-0.2, -0.15) is 26.3 Å². The Morgan fingerprint density at radius 2 is 0.750 bits per heavy atom. The van der Waals surface area contributed by atoms with Gasteiger partial charge >= 0.3 is 24.3 Å². The molecule has 2 N–H and O–H groups in total. The van der Waals surface area contributed by atoms with Crippen LogP contribution in [0.5, 0.6) is 0 Å². The van der Waals surface area contributed by atoms with E-state index < -0.39 is 24.3 Å². The van der Waals surface area contributed by atoms with Gasteiger partial charge in [-0.1, -0.05) is 0 Å². The topological polar surface area (TPSA) is 74.6 Å². The number of aliphatic carboxylic acids is 2. The molecule has 0 aliphatic heterocycles. The molecule has 0 saturated carbocycles. The van der Waals surface area contributed by atoms with Gasteiger partial charge in [-0.3, -0.25) is 0 Å². The molecule has 0 unspecified atom stereocenters. The van der Waals surface area contributed by atoms with Crippen LogP contribution in [0.4, 0.5) is 26.3 Å². The molecule has 0 spiro atoms. The van der Waals surface area contributed by atoms with E-state index in [1.54, 1.807) is 0 Å². The summed E-state index contributed by atoms with van der Waals surface area (Å²) in [6, 6.07) is 0. The summed E-state index contributed by atoms with van der Waals surface area (Å²) >= 11 is 0. The van der Waals surface area contributed by atoms with E-state index in [0.29, 0.717) is 0 Å². The maximum absolute atomic E-state index is 10.6. The number of carbonyl (C=O) groups is 2. The first-order chi connectivity index (χ1) is 5.89. The summed E-state index contributed by atoms with van der Waals surface area (Å²) < 4.78 is 63.5. The molecule has 0 radical (unpaired) electrons. The third-order valence-electron chi connectivity index (χ3n) is 0.485. The fourth-order valence-electron chi connectivity index (χ4n) is 0. The Morgan fingerprint density at radius 1 is 0.688 bits per heavy atom. The molecule has 0 bridgehead atoms. The van der Waals surface area contributed by atoms with Crippen LogP contribution in [0.15, 0.2) is 0 Å². The van der Waals surface area contributed by atoms with Gasteiger partial charge in [-0.25, -0.2) is 9.59 Å². The smallest absolute Gasteiger partial charge is 0.475 e. The van der Waals surface area contributed by atoms with Crippen LogP contribution in [0, 0.1) is 0 Å². The van der Waals surface area contributed by atoms with Crippen molar-refractivity contribution in [2.75, 3.05) is 0 Å². The Bertz CT molecular complexity index is 200. The minimum absolute atomic E-state index is 0. The van der Waals surface area contributed by atoms with Crippen LogP contribution < -0.4 is 0 Å². The van der Waals surface area contributed by atoms with Crippen molar-refractivity contribution in [1.29, 1.82) is 0 Å². The average molecular weight is 301 g/mol. The van der Waals surface area contributed by atoms with Gasteiger partial charge < -0.3 is 10.2 Å². The summed E-state index contributed by atoms with van der Waals surface area (Å²) in [4.78, 5) is 17.8. The molecular weight excluding hydrogens is 297 g/mol. The monoisotopic (exact) mass is 300 g/mol. The zero-order valence-electron chi connectivity index (χ0n) is 6.80. The summed E-state index contributed by atoms with van der Waals surface area (Å²) in [5, 5.41) is 14.2. The number of carboxylic acid groups (broad SMARTS) is 2. The second-order valence-corrected chi connectivity index (χ2v) is 1.61. The van der Waals surface area contributed by atoms with Crippen molar-refractivity contribution in [1.82, 2.24) is 0 Å². The van der Waals surface area contributed by atoms with E-state index >= 15 is 0 Å². The minimum Gasteiger partial charge on any atom is -0.475 e. The predicted octanol–water partition coefficient (Wildman–Crippen LogP) is 2.11. The lowest BCUT2D eigenvalue weighted by Crippen LogP contribution is -2.21. The Hall–Kier alpha value is -0.900. The van der Waals surface area contributed by atoms with Crippen molar-refractivity contribution in [3.63, 3.8) is 0 Å². The Kier molecular flexibility index (Phi) is 12.6. The van der Waals surface area contributed by atoms with Gasteiger partial charge in [0.2, 0.25) is 0 Å². The first-order valence-corrected chi connectivity index (χ1v) is 2.49. The molecule has 16 heavy (non-hydrogen) atoms. The molecule has 0 aromatic rings. The zero-order chi connectivity index (χ0) is 12.2. The summed E-state index contributed by atoms with van der Waals surface area (Å²) in [7, 11) is 0. The standard InChI is InChI=1S/2C2HF3O2.2ClH/c2*3-2(4,5)1(6)7;;/h2*(H,6,7);2*1H. The maximum Gasteiger partial charge on any atom is 0.490 e. The number of rotatable bonds is 0. The normalized spacial score (nSPS) is 9.88. The van der Waals surface area contributed by atoms with Gasteiger partial charge in [0, 0.05) is 0 Å².